The lowest BCUT2D eigenvalue weighted by Crippen LogP contribution is -2.32. The number of ether oxygens (including phenoxy) is 1. The molecule has 2 aromatic carbocycles. The van der Waals surface area contributed by atoms with Crippen LogP contribution in [0.4, 0.5) is 0 Å². The van der Waals surface area contributed by atoms with Crippen LogP contribution in [0, 0.1) is 0 Å². The normalized spacial score (nSPS) is 12.9. The maximum absolute atomic E-state index is 12.2. The van der Waals surface area contributed by atoms with Gasteiger partial charge >= 0.3 is 5.97 Å². The van der Waals surface area contributed by atoms with Crippen LogP contribution in [-0.2, 0) is 16.1 Å². The molecule has 3 rings (SSSR count). The van der Waals surface area contributed by atoms with Crippen molar-refractivity contribution in [2.24, 2.45) is 0 Å². The first-order valence-electron chi connectivity index (χ1n) is 8.50. The summed E-state index contributed by atoms with van der Waals surface area (Å²) in [5.41, 5.74) is 1.43. The first-order valence-corrected chi connectivity index (χ1v) is 8.50. The first kappa shape index (κ1) is 17.7. The number of nitrogens with zero attached hydrogens (tertiary/aromatic N) is 1. The highest BCUT2D eigenvalue weighted by Gasteiger charge is 2.38. The molecule has 0 atom stereocenters. The number of aryl methyl sites for hydroxylation is 1. The zero-order valence-electron chi connectivity index (χ0n) is 14.4. The molecule has 0 saturated heterocycles. The second kappa shape index (κ2) is 7.82. The minimum absolute atomic E-state index is 0.0581. The van der Waals surface area contributed by atoms with Gasteiger partial charge in [-0.3, -0.25) is 9.59 Å². The Morgan fingerprint density at radius 3 is 2.15 bits per heavy atom. The first-order chi connectivity index (χ1) is 12.6. The van der Waals surface area contributed by atoms with E-state index in [2.05, 4.69) is 0 Å². The van der Waals surface area contributed by atoms with E-state index in [0.29, 0.717) is 18.1 Å². The molecule has 0 aliphatic carbocycles. The summed E-state index contributed by atoms with van der Waals surface area (Å²) in [5, 5.41) is 0.536. The van der Waals surface area contributed by atoms with Crippen molar-refractivity contribution in [2.75, 3.05) is 6.61 Å². The van der Waals surface area contributed by atoms with Gasteiger partial charge in [-0.2, -0.15) is 0 Å². The fourth-order valence-electron chi connectivity index (χ4n) is 2.62. The highest BCUT2D eigenvalue weighted by Crippen LogP contribution is 2.23. The van der Waals surface area contributed by atoms with Crippen LogP contribution >= 0.6 is 0 Å². The van der Waals surface area contributed by atoms with Crippen molar-refractivity contribution in [3.63, 3.8) is 0 Å². The molecule has 6 heteroatoms. The van der Waals surface area contributed by atoms with Gasteiger partial charge in [-0.1, -0.05) is 36.3 Å². The quantitative estimate of drug-likeness (QED) is 0.715. The van der Waals surface area contributed by atoms with Gasteiger partial charge in [0, 0.05) is 0 Å². The van der Waals surface area contributed by atoms with E-state index in [-0.39, 0.29) is 17.5 Å². The van der Waals surface area contributed by atoms with Gasteiger partial charge in [-0.05, 0) is 42.7 Å². The van der Waals surface area contributed by atoms with Crippen molar-refractivity contribution >= 4 is 17.8 Å². The number of amides is 2. The summed E-state index contributed by atoms with van der Waals surface area (Å²) in [6, 6.07) is 13.8. The third-order valence-corrected chi connectivity index (χ3v) is 3.96. The van der Waals surface area contributed by atoms with Crippen molar-refractivity contribution in [2.45, 2.75) is 26.2 Å². The predicted octanol–water partition coefficient (Wildman–Crippen LogP) is 3.16. The van der Waals surface area contributed by atoms with E-state index in [9.17, 15) is 14.4 Å². The molecule has 26 heavy (non-hydrogen) atoms. The van der Waals surface area contributed by atoms with Crippen LogP contribution in [0.5, 0.6) is 5.75 Å². The van der Waals surface area contributed by atoms with Crippen LogP contribution < -0.4 is 4.74 Å². The number of carbonyl (C=O) groups excluding carboxylic acids is 3. The highest BCUT2D eigenvalue weighted by molar-refractivity contribution is 6.20. The van der Waals surface area contributed by atoms with E-state index in [1.165, 1.54) is 12.1 Å². The van der Waals surface area contributed by atoms with Crippen molar-refractivity contribution < 1.29 is 24.0 Å². The lowest BCUT2D eigenvalue weighted by molar-refractivity contribution is -0.168. The number of fused-ring (bicyclic) bond motifs is 1. The van der Waals surface area contributed by atoms with E-state index in [4.69, 9.17) is 9.57 Å². The largest absolute Gasteiger partial charge is 0.494 e. The number of imide groups is 1. The number of rotatable bonds is 7. The SMILES string of the molecule is CCCOc1ccc(CCC(=O)ON2C(=O)c3ccccc3C2=O)cc1. The van der Waals surface area contributed by atoms with Gasteiger partial charge in [0.25, 0.3) is 11.8 Å². The Morgan fingerprint density at radius 1 is 0.962 bits per heavy atom. The Morgan fingerprint density at radius 2 is 1.58 bits per heavy atom. The van der Waals surface area contributed by atoms with E-state index in [1.54, 1.807) is 12.1 Å². The Hall–Kier alpha value is -3.15. The van der Waals surface area contributed by atoms with Gasteiger partial charge in [0.2, 0.25) is 0 Å². The molecule has 134 valence electrons. The molecule has 2 amide bonds. The molecule has 1 aliphatic rings. The highest BCUT2D eigenvalue weighted by atomic mass is 16.7. The number of hydroxylamine groups is 2. The molecular formula is C20H19NO5. The molecule has 0 N–H and O–H groups in total. The molecule has 2 aromatic rings. The van der Waals surface area contributed by atoms with Gasteiger partial charge < -0.3 is 9.57 Å². The predicted molar refractivity (Wildman–Crippen MR) is 93.6 cm³/mol. The third-order valence-electron chi connectivity index (χ3n) is 3.96. The number of hydrogen-bond donors (Lipinski definition) is 0. The maximum atomic E-state index is 12.2. The minimum Gasteiger partial charge on any atom is -0.494 e. The molecule has 0 bridgehead atoms. The van der Waals surface area contributed by atoms with Gasteiger partial charge in [0.1, 0.15) is 5.75 Å². The number of carbonyl (C=O) groups is 3. The molecule has 1 heterocycles. The van der Waals surface area contributed by atoms with Crippen molar-refractivity contribution in [1.82, 2.24) is 5.06 Å². The molecular weight excluding hydrogens is 334 g/mol. The summed E-state index contributed by atoms with van der Waals surface area (Å²) in [6.07, 6.45) is 1.43. The van der Waals surface area contributed by atoms with E-state index in [1.807, 2.05) is 31.2 Å². The Balaban J connectivity index is 1.53. The summed E-state index contributed by atoms with van der Waals surface area (Å²) in [5.74, 6) is -1.08. The smallest absolute Gasteiger partial charge is 0.333 e. The van der Waals surface area contributed by atoms with Crippen LogP contribution in [0.1, 0.15) is 46.0 Å². The van der Waals surface area contributed by atoms with Gasteiger partial charge in [-0.25, -0.2) is 4.79 Å². The Bertz CT molecular complexity index is 793. The zero-order valence-corrected chi connectivity index (χ0v) is 14.4. The maximum Gasteiger partial charge on any atom is 0.333 e. The summed E-state index contributed by atoms with van der Waals surface area (Å²) in [6.45, 7) is 2.69. The molecule has 0 aromatic heterocycles. The molecule has 0 spiro atoms. The topological polar surface area (TPSA) is 72.9 Å². The van der Waals surface area contributed by atoms with Crippen LogP contribution in [-0.4, -0.2) is 29.5 Å². The van der Waals surface area contributed by atoms with Crippen LogP contribution in [0.25, 0.3) is 0 Å². The molecule has 0 radical (unpaired) electrons. The fraction of sp³-hybridized carbons (Fsp3) is 0.250. The lowest BCUT2D eigenvalue weighted by Gasteiger charge is -2.12. The van der Waals surface area contributed by atoms with E-state index in [0.717, 1.165) is 17.7 Å². The molecule has 0 fully saturated rings. The number of hydrogen-bond acceptors (Lipinski definition) is 5. The molecule has 0 unspecified atom stereocenters. The standard InChI is InChI=1S/C20H19NO5/c1-2-13-25-15-10-7-14(8-11-15)9-12-18(22)26-21-19(23)16-5-3-4-6-17(16)20(21)24/h3-8,10-11H,2,9,12-13H2,1H3. The second-order valence-electron chi connectivity index (χ2n) is 5.91. The number of benzene rings is 2. The summed E-state index contributed by atoms with van der Waals surface area (Å²) < 4.78 is 5.51. The minimum atomic E-state index is -0.634. The zero-order chi connectivity index (χ0) is 18.5. The van der Waals surface area contributed by atoms with Crippen LogP contribution in [0.15, 0.2) is 48.5 Å². The van der Waals surface area contributed by atoms with Crippen LogP contribution in [0.2, 0.25) is 0 Å². The van der Waals surface area contributed by atoms with Gasteiger partial charge in [0.05, 0.1) is 24.2 Å². The van der Waals surface area contributed by atoms with E-state index < -0.39 is 17.8 Å². The molecule has 0 saturated carbocycles. The average molecular weight is 353 g/mol. The fourth-order valence-corrected chi connectivity index (χ4v) is 2.62. The third kappa shape index (κ3) is 3.74. The lowest BCUT2D eigenvalue weighted by atomic mass is 10.1. The summed E-state index contributed by atoms with van der Waals surface area (Å²) in [7, 11) is 0. The van der Waals surface area contributed by atoms with E-state index >= 15 is 0 Å². The second-order valence-corrected chi connectivity index (χ2v) is 5.91. The van der Waals surface area contributed by atoms with Crippen molar-refractivity contribution in [1.29, 1.82) is 0 Å². The summed E-state index contributed by atoms with van der Waals surface area (Å²) in [4.78, 5) is 41.3. The van der Waals surface area contributed by atoms with Crippen molar-refractivity contribution in [3.05, 3.63) is 65.2 Å². The van der Waals surface area contributed by atoms with Gasteiger partial charge in [-0.15, -0.1) is 0 Å². The van der Waals surface area contributed by atoms with Crippen LogP contribution in [0.3, 0.4) is 0 Å². The summed E-state index contributed by atoms with van der Waals surface area (Å²) >= 11 is 0. The Labute approximate surface area is 151 Å². The molecule has 6 nitrogen and oxygen atoms in total. The monoisotopic (exact) mass is 353 g/mol. The van der Waals surface area contributed by atoms with Gasteiger partial charge in [0.15, 0.2) is 0 Å². The average Bonchev–Trinajstić information content (AvgIpc) is 2.91. The van der Waals surface area contributed by atoms with Crippen molar-refractivity contribution in [3.8, 4) is 5.75 Å². The Kier molecular flexibility index (Phi) is 5.31. The molecule has 1 aliphatic heterocycles.